The fourth-order valence-electron chi connectivity index (χ4n) is 2.97. The number of aromatic hydroxyl groups is 1. The molecule has 0 bridgehead atoms. The molecule has 0 fully saturated rings. The predicted molar refractivity (Wildman–Crippen MR) is 98.6 cm³/mol. The van der Waals surface area contributed by atoms with Gasteiger partial charge in [0, 0.05) is 19.2 Å². The quantitative estimate of drug-likeness (QED) is 0.729. The highest BCUT2D eigenvalue weighted by molar-refractivity contribution is 5.85. The number of fused-ring (bicyclic) bond motifs is 1. The number of nitrogens with zero attached hydrogens (tertiary/aromatic N) is 2. The van der Waals surface area contributed by atoms with Gasteiger partial charge in [0.1, 0.15) is 5.52 Å². The van der Waals surface area contributed by atoms with E-state index in [0.717, 1.165) is 11.1 Å². The van der Waals surface area contributed by atoms with Crippen LogP contribution in [0, 0.1) is 0 Å². The summed E-state index contributed by atoms with van der Waals surface area (Å²) in [5, 5.41) is 10.4. The number of ether oxygens (including phenoxy) is 1. The number of benzene rings is 1. The number of aromatic nitrogens is 2. The summed E-state index contributed by atoms with van der Waals surface area (Å²) in [5.74, 6) is -1.47. The van der Waals surface area contributed by atoms with E-state index in [0.29, 0.717) is 11.9 Å². The molecule has 3 aromatic rings. The zero-order chi connectivity index (χ0) is 18.8. The topological polar surface area (TPSA) is 81.4 Å². The highest BCUT2D eigenvalue weighted by Gasteiger charge is 2.21. The Morgan fingerprint density at radius 2 is 1.92 bits per heavy atom. The average molecular weight is 352 g/mol. The lowest BCUT2D eigenvalue weighted by atomic mass is 10.1. The van der Waals surface area contributed by atoms with E-state index in [1.807, 2.05) is 50.2 Å². The fourth-order valence-corrected chi connectivity index (χ4v) is 2.97. The molecule has 134 valence electrons. The maximum atomic E-state index is 12.7. The Kier molecular flexibility index (Phi) is 4.75. The third kappa shape index (κ3) is 3.31. The van der Waals surface area contributed by atoms with E-state index >= 15 is 0 Å². The van der Waals surface area contributed by atoms with Crippen LogP contribution in [0.1, 0.15) is 37.9 Å². The van der Waals surface area contributed by atoms with Crippen molar-refractivity contribution in [3.63, 3.8) is 0 Å². The molecule has 0 atom stereocenters. The van der Waals surface area contributed by atoms with Crippen molar-refractivity contribution in [1.29, 1.82) is 0 Å². The van der Waals surface area contributed by atoms with Crippen LogP contribution in [0.25, 0.3) is 11.0 Å². The monoisotopic (exact) mass is 352 g/mol. The van der Waals surface area contributed by atoms with Gasteiger partial charge in [-0.3, -0.25) is 14.6 Å². The fraction of sp³-hybridized carbons (Fsp3) is 0.250. The van der Waals surface area contributed by atoms with Gasteiger partial charge in [0.25, 0.3) is 5.56 Å². The first-order valence-electron chi connectivity index (χ1n) is 8.37. The summed E-state index contributed by atoms with van der Waals surface area (Å²) in [7, 11) is 0. The molecular weight excluding hydrogens is 332 g/mol. The van der Waals surface area contributed by atoms with Crippen molar-refractivity contribution in [2.24, 2.45) is 0 Å². The molecule has 0 aliphatic rings. The summed E-state index contributed by atoms with van der Waals surface area (Å²) < 4.78 is 6.42. The van der Waals surface area contributed by atoms with Crippen molar-refractivity contribution >= 4 is 17.0 Å². The van der Waals surface area contributed by atoms with Gasteiger partial charge in [-0.1, -0.05) is 30.3 Å². The second-order valence-corrected chi connectivity index (χ2v) is 6.41. The molecule has 0 amide bonds. The Hall–Kier alpha value is -3.15. The Labute approximate surface area is 150 Å². The molecular formula is C20H20N2O4. The van der Waals surface area contributed by atoms with Gasteiger partial charge >= 0.3 is 5.97 Å². The van der Waals surface area contributed by atoms with Crippen molar-refractivity contribution in [2.75, 3.05) is 0 Å². The highest BCUT2D eigenvalue weighted by Crippen LogP contribution is 2.32. The van der Waals surface area contributed by atoms with Crippen LogP contribution in [0.15, 0.2) is 47.4 Å². The minimum absolute atomic E-state index is 0.200. The largest absolute Gasteiger partial charge is 0.503 e. The summed E-state index contributed by atoms with van der Waals surface area (Å²) in [5.41, 5.74) is 2.21. The van der Waals surface area contributed by atoms with Gasteiger partial charge in [0.2, 0.25) is 5.75 Å². The van der Waals surface area contributed by atoms with Crippen LogP contribution in [0.5, 0.6) is 11.5 Å². The molecule has 6 heteroatoms. The lowest BCUT2D eigenvalue weighted by Crippen LogP contribution is -2.25. The van der Waals surface area contributed by atoms with Crippen LogP contribution < -0.4 is 10.3 Å². The standard InChI is InChI=1S/C20H20N2O4/c1-12(2)22-16-10-15(9-14-7-5-4-6-8-14)11-21-17(16)18(24)19(20(22)25)26-13(3)23/h4-8,10-12,24H,9H2,1-3H3. The summed E-state index contributed by atoms with van der Waals surface area (Å²) in [4.78, 5) is 28.4. The van der Waals surface area contributed by atoms with Gasteiger partial charge in [0.15, 0.2) is 5.75 Å². The lowest BCUT2D eigenvalue weighted by molar-refractivity contribution is -0.132. The summed E-state index contributed by atoms with van der Waals surface area (Å²) in [6.45, 7) is 4.87. The van der Waals surface area contributed by atoms with Gasteiger partial charge in [-0.05, 0) is 37.5 Å². The van der Waals surface area contributed by atoms with Crippen LogP contribution in [0.3, 0.4) is 0 Å². The summed E-state index contributed by atoms with van der Waals surface area (Å²) >= 11 is 0. The van der Waals surface area contributed by atoms with E-state index in [4.69, 9.17) is 4.74 Å². The molecule has 1 N–H and O–H groups in total. The number of hydrogen-bond donors (Lipinski definition) is 1. The van der Waals surface area contributed by atoms with E-state index in [-0.39, 0.29) is 17.3 Å². The Balaban J connectivity index is 2.21. The Morgan fingerprint density at radius 1 is 1.23 bits per heavy atom. The molecule has 26 heavy (non-hydrogen) atoms. The SMILES string of the molecule is CC(=O)Oc1c(O)c2ncc(Cc3ccccc3)cc2n(C(C)C)c1=O. The third-order valence-corrected chi connectivity index (χ3v) is 4.05. The summed E-state index contributed by atoms with van der Waals surface area (Å²) in [6, 6.07) is 11.5. The maximum Gasteiger partial charge on any atom is 0.308 e. The smallest absolute Gasteiger partial charge is 0.308 e. The number of rotatable bonds is 4. The molecule has 2 aromatic heterocycles. The van der Waals surface area contributed by atoms with Crippen LogP contribution in [-0.4, -0.2) is 20.6 Å². The van der Waals surface area contributed by atoms with Crippen LogP contribution in [-0.2, 0) is 11.2 Å². The second kappa shape index (κ2) is 7.00. The number of carbonyl (C=O) groups excluding carboxylic acids is 1. The number of hydrogen-bond acceptors (Lipinski definition) is 5. The molecule has 1 aromatic carbocycles. The van der Waals surface area contributed by atoms with Crippen molar-refractivity contribution < 1.29 is 14.6 Å². The Bertz CT molecular complexity index is 1020. The van der Waals surface area contributed by atoms with Crippen molar-refractivity contribution in [2.45, 2.75) is 33.2 Å². The number of carbonyl (C=O) groups is 1. The molecule has 3 rings (SSSR count). The maximum absolute atomic E-state index is 12.7. The highest BCUT2D eigenvalue weighted by atomic mass is 16.5. The molecule has 0 saturated carbocycles. The first-order valence-corrected chi connectivity index (χ1v) is 8.37. The zero-order valence-electron chi connectivity index (χ0n) is 14.9. The van der Waals surface area contributed by atoms with E-state index < -0.39 is 17.3 Å². The molecule has 0 saturated heterocycles. The summed E-state index contributed by atoms with van der Waals surface area (Å²) in [6.07, 6.45) is 2.31. The molecule has 0 aliphatic heterocycles. The third-order valence-electron chi connectivity index (χ3n) is 4.05. The minimum atomic E-state index is -0.673. The van der Waals surface area contributed by atoms with Crippen molar-refractivity contribution in [3.8, 4) is 11.5 Å². The molecule has 2 heterocycles. The molecule has 0 spiro atoms. The van der Waals surface area contributed by atoms with Gasteiger partial charge in [-0.15, -0.1) is 0 Å². The lowest BCUT2D eigenvalue weighted by Gasteiger charge is -2.17. The first kappa shape index (κ1) is 17.7. The average Bonchev–Trinajstić information content (AvgIpc) is 2.59. The normalized spacial score (nSPS) is 11.1. The van der Waals surface area contributed by atoms with Gasteiger partial charge in [-0.25, -0.2) is 0 Å². The Morgan fingerprint density at radius 3 is 2.54 bits per heavy atom. The molecule has 0 radical (unpaired) electrons. The number of pyridine rings is 2. The van der Waals surface area contributed by atoms with Crippen molar-refractivity contribution in [3.05, 3.63) is 64.1 Å². The minimum Gasteiger partial charge on any atom is -0.503 e. The second-order valence-electron chi connectivity index (χ2n) is 6.41. The van der Waals surface area contributed by atoms with E-state index in [9.17, 15) is 14.7 Å². The number of esters is 1. The van der Waals surface area contributed by atoms with Crippen LogP contribution >= 0.6 is 0 Å². The first-order chi connectivity index (χ1) is 12.4. The zero-order valence-corrected chi connectivity index (χ0v) is 14.9. The van der Waals surface area contributed by atoms with Gasteiger partial charge < -0.3 is 14.4 Å². The van der Waals surface area contributed by atoms with Crippen molar-refractivity contribution in [1.82, 2.24) is 9.55 Å². The van der Waals surface area contributed by atoms with E-state index in [2.05, 4.69) is 4.98 Å². The molecule has 0 aliphatic carbocycles. The van der Waals surface area contributed by atoms with Crippen LogP contribution in [0.2, 0.25) is 0 Å². The van der Waals surface area contributed by atoms with Gasteiger partial charge in [-0.2, -0.15) is 0 Å². The van der Waals surface area contributed by atoms with E-state index in [1.54, 1.807) is 6.20 Å². The molecule has 0 unspecified atom stereocenters. The predicted octanol–water partition coefficient (Wildman–Crippen LogP) is 3.20. The molecule has 6 nitrogen and oxygen atoms in total. The van der Waals surface area contributed by atoms with Crippen LogP contribution in [0.4, 0.5) is 0 Å². The van der Waals surface area contributed by atoms with Gasteiger partial charge in [0.05, 0.1) is 5.52 Å². The van der Waals surface area contributed by atoms with E-state index in [1.165, 1.54) is 11.5 Å².